The molecule has 3 aromatic rings. The van der Waals surface area contributed by atoms with Gasteiger partial charge in [-0.3, -0.25) is 0 Å². The molecular formula is C20H12N2O2S. The number of nitrogens with zero attached hydrogens (tertiary/aromatic N) is 1. The molecular weight excluding hydrogens is 332 g/mol. The Morgan fingerprint density at radius 3 is 2.64 bits per heavy atom. The van der Waals surface area contributed by atoms with Crippen LogP contribution in [0.3, 0.4) is 0 Å². The highest BCUT2D eigenvalue weighted by molar-refractivity contribution is 7.21. The first-order chi connectivity index (χ1) is 12.2. The minimum absolute atomic E-state index is 0.180. The van der Waals surface area contributed by atoms with Crippen molar-refractivity contribution in [3.8, 4) is 6.07 Å². The second kappa shape index (κ2) is 5.93. The van der Waals surface area contributed by atoms with Gasteiger partial charge in [-0.15, -0.1) is 11.3 Å². The molecule has 25 heavy (non-hydrogen) atoms. The maximum absolute atomic E-state index is 11.7. The maximum atomic E-state index is 11.7. The van der Waals surface area contributed by atoms with Gasteiger partial charge >= 0.3 is 5.97 Å². The summed E-state index contributed by atoms with van der Waals surface area (Å²) in [6.07, 6.45) is 3.74. The third-order valence-electron chi connectivity index (χ3n) is 4.08. The molecule has 2 N–H and O–H groups in total. The van der Waals surface area contributed by atoms with Gasteiger partial charge in [0.2, 0.25) is 0 Å². The number of hydrogen-bond acceptors (Lipinski definition) is 4. The van der Waals surface area contributed by atoms with E-state index in [1.54, 1.807) is 0 Å². The summed E-state index contributed by atoms with van der Waals surface area (Å²) in [5.74, 6) is -1.02. The maximum Gasteiger partial charge on any atom is 0.346 e. The second-order valence-electron chi connectivity index (χ2n) is 5.55. The SMILES string of the molecule is N#CC(=C1C=Cc2ccccc2N1)c1c(C(=O)O)sc2ccccc12. The summed E-state index contributed by atoms with van der Waals surface area (Å²) in [5, 5.41) is 23.4. The van der Waals surface area contributed by atoms with E-state index >= 15 is 0 Å². The van der Waals surface area contributed by atoms with Gasteiger partial charge < -0.3 is 10.4 Å². The number of thiophene rings is 1. The molecule has 1 aliphatic heterocycles. The molecule has 0 atom stereocenters. The van der Waals surface area contributed by atoms with Crippen molar-refractivity contribution in [2.75, 3.05) is 5.32 Å². The standard InChI is InChI=1S/C20H12N2O2S/c21-11-14(16-10-9-12-5-1-3-7-15(12)22-16)18-13-6-2-4-8-17(13)25-19(18)20(23)24/h1-10,22H,(H,23,24). The molecule has 0 aliphatic carbocycles. The van der Waals surface area contributed by atoms with E-state index in [2.05, 4.69) is 11.4 Å². The van der Waals surface area contributed by atoms with Crippen LogP contribution in [0.25, 0.3) is 21.7 Å². The zero-order valence-corrected chi connectivity index (χ0v) is 13.8. The Morgan fingerprint density at radius 2 is 1.84 bits per heavy atom. The fraction of sp³-hybridized carbons (Fsp3) is 0. The number of nitriles is 1. The number of fused-ring (bicyclic) bond motifs is 2. The predicted octanol–water partition coefficient (Wildman–Crippen LogP) is 4.97. The average molecular weight is 344 g/mol. The van der Waals surface area contributed by atoms with E-state index in [1.165, 1.54) is 11.3 Å². The van der Waals surface area contributed by atoms with Gasteiger partial charge in [0.1, 0.15) is 10.9 Å². The minimum atomic E-state index is -1.02. The van der Waals surface area contributed by atoms with Crippen molar-refractivity contribution >= 4 is 44.7 Å². The van der Waals surface area contributed by atoms with Crippen LogP contribution in [0.4, 0.5) is 5.69 Å². The molecule has 0 bridgehead atoms. The van der Waals surface area contributed by atoms with Crippen molar-refractivity contribution in [2.24, 2.45) is 0 Å². The summed E-state index contributed by atoms with van der Waals surface area (Å²) in [4.78, 5) is 11.9. The van der Waals surface area contributed by atoms with Gasteiger partial charge in [0.25, 0.3) is 0 Å². The van der Waals surface area contributed by atoms with Gasteiger partial charge in [-0.05, 0) is 23.8 Å². The molecule has 5 heteroatoms. The zero-order valence-electron chi connectivity index (χ0n) is 13.0. The van der Waals surface area contributed by atoms with Crippen molar-refractivity contribution in [2.45, 2.75) is 0 Å². The van der Waals surface area contributed by atoms with Crippen molar-refractivity contribution in [1.82, 2.24) is 0 Å². The summed E-state index contributed by atoms with van der Waals surface area (Å²) in [5.41, 5.74) is 3.33. The van der Waals surface area contributed by atoms with Crippen LogP contribution < -0.4 is 5.32 Å². The van der Waals surface area contributed by atoms with Gasteiger partial charge in [0, 0.05) is 21.3 Å². The Hall–Kier alpha value is -3.36. The minimum Gasteiger partial charge on any atom is -0.477 e. The number of hydrogen-bond donors (Lipinski definition) is 2. The summed E-state index contributed by atoms with van der Waals surface area (Å²) in [6, 6.07) is 17.4. The van der Waals surface area contributed by atoms with E-state index in [0.717, 1.165) is 21.3 Å². The molecule has 2 aromatic carbocycles. The number of para-hydroxylation sites is 1. The van der Waals surface area contributed by atoms with Gasteiger partial charge in [0.05, 0.1) is 11.3 Å². The molecule has 0 unspecified atom stereocenters. The largest absolute Gasteiger partial charge is 0.477 e. The van der Waals surface area contributed by atoms with Crippen LogP contribution in [0.1, 0.15) is 20.8 Å². The monoisotopic (exact) mass is 344 g/mol. The lowest BCUT2D eigenvalue weighted by atomic mass is 9.98. The summed E-state index contributed by atoms with van der Waals surface area (Å²) in [6.45, 7) is 0. The fourth-order valence-electron chi connectivity index (χ4n) is 2.96. The topological polar surface area (TPSA) is 73.1 Å². The number of aromatic carboxylic acids is 1. The van der Waals surface area contributed by atoms with Crippen molar-refractivity contribution in [1.29, 1.82) is 5.26 Å². The number of rotatable bonds is 2. The molecule has 1 aliphatic rings. The Bertz CT molecular complexity index is 1120. The lowest BCUT2D eigenvalue weighted by molar-refractivity contribution is 0.0702. The van der Waals surface area contributed by atoms with E-state index in [4.69, 9.17) is 0 Å². The van der Waals surface area contributed by atoms with Crippen LogP contribution >= 0.6 is 11.3 Å². The highest BCUT2D eigenvalue weighted by atomic mass is 32.1. The van der Waals surface area contributed by atoms with E-state index in [0.29, 0.717) is 16.8 Å². The number of carboxylic acid groups (broad SMARTS) is 1. The van der Waals surface area contributed by atoms with Gasteiger partial charge in [-0.2, -0.15) is 5.26 Å². The third kappa shape index (κ3) is 2.49. The molecule has 0 fully saturated rings. The molecule has 0 spiro atoms. The number of anilines is 1. The Morgan fingerprint density at radius 1 is 1.08 bits per heavy atom. The van der Waals surface area contributed by atoms with E-state index in [9.17, 15) is 15.2 Å². The van der Waals surface area contributed by atoms with Crippen molar-refractivity contribution in [3.05, 3.63) is 76.3 Å². The molecule has 0 amide bonds. The van der Waals surface area contributed by atoms with Gasteiger partial charge in [0.15, 0.2) is 0 Å². The van der Waals surface area contributed by atoms with Gasteiger partial charge in [-0.25, -0.2) is 4.79 Å². The highest BCUT2D eigenvalue weighted by Gasteiger charge is 2.23. The lowest BCUT2D eigenvalue weighted by Gasteiger charge is -2.17. The quantitative estimate of drug-likeness (QED) is 0.644. The molecule has 0 saturated carbocycles. The summed E-state index contributed by atoms with van der Waals surface area (Å²) < 4.78 is 0.850. The lowest BCUT2D eigenvalue weighted by Crippen LogP contribution is -2.07. The normalized spacial score (nSPS) is 14.5. The molecule has 4 nitrogen and oxygen atoms in total. The van der Waals surface area contributed by atoms with E-state index < -0.39 is 5.97 Å². The number of allylic oxidation sites excluding steroid dienone is 2. The molecule has 2 heterocycles. The first-order valence-corrected chi connectivity index (χ1v) is 8.44. The number of benzene rings is 2. The molecule has 1 aromatic heterocycles. The second-order valence-corrected chi connectivity index (χ2v) is 6.61. The van der Waals surface area contributed by atoms with Crippen LogP contribution in [-0.2, 0) is 0 Å². The van der Waals surface area contributed by atoms with Crippen LogP contribution in [-0.4, -0.2) is 11.1 Å². The third-order valence-corrected chi connectivity index (χ3v) is 5.24. The van der Waals surface area contributed by atoms with Crippen LogP contribution in [0.2, 0.25) is 0 Å². The van der Waals surface area contributed by atoms with E-state index in [-0.39, 0.29) is 4.88 Å². The first-order valence-electron chi connectivity index (χ1n) is 7.62. The predicted molar refractivity (Wildman–Crippen MR) is 100 cm³/mol. The smallest absolute Gasteiger partial charge is 0.346 e. The Kier molecular flexibility index (Phi) is 3.60. The van der Waals surface area contributed by atoms with Crippen molar-refractivity contribution < 1.29 is 9.90 Å². The Balaban J connectivity index is 1.98. The average Bonchev–Trinajstić information content (AvgIpc) is 3.02. The number of carbonyl (C=O) groups is 1. The highest BCUT2D eigenvalue weighted by Crippen LogP contribution is 2.38. The van der Waals surface area contributed by atoms with Crippen LogP contribution in [0, 0.1) is 11.3 Å². The summed E-state index contributed by atoms with van der Waals surface area (Å²) in [7, 11) is 0. The zero-order chi connectivity index (χ0) is 17.4. The molecule has 0 saturated heterocycles. The number of carboxylic acids is 1. The van der Waals surface area contributed by atoms with E-state index in [1.807, 2.05) is 60.7 Å². The van der Waals surface area contributed by atoms with Gasteiger partial charge in [-0.1, -0.05) is 42.5 Å². The first kappa shape index (κ1) is 15.2. The van der Waals surface area contributed by atoms with Crippen molar-refractivity contribution in [3.63, 3.8) is 0 Å². The Labute approximate surface area is 148 Å². The fourth-order valence-corrected chi connectivity index (χ4v) is 4.00. The number of nitrogens with one attached hydrogen (secondary N) is 1. The summed E-state index contributed by atoms with van der Waals surface area (Å²) >= 11 is 1.19. The van der Waals surface area contributed by atoms with Crippen LogP contribution in [0.15, 0.2) is 60.3 Å². The molecule has 120 valence electrons. The molecule has 0 radical (unpaired) electrons. The van der Waals surface area contributed by atoms with Crippen LogP contribution in [0.5, 0.6) is 0 Å². The molecule has 4 rings (SSSR count).